The van der Waals surface area contributed by atoms with Gasteiger partial charge in [-0.3, -0.25) is 0 Å². The van der Waals surface area contributed by atoms with Crippen LogP contribution in [-0.4, -0.2) is 25.6 Å². The number of rotatable bonds is 13. The second-order valence-electron chi connectivity index (χ2n) is 6.22. The molecule has 3 heteroatoms. The number of hydrogen-bond donors (Lipinski definition) is 2. The number of aliphatic hydroxyl groups is 1. The second-order valence-corrected chi connectivity index (χ2v) is 6.22. The quantitative estimate of drug-likeness (QED) is 0.393. The van der Waals surface area contributed by atoms with E-state index in [1.165, 1.54) is 75.3 Å². The Morgan fingerprint density at radius 3 is 1.70 bits per heavy atom. The van der Waals surface area contributed by atoms with Crippen LogP contribution < -0.4 is 5.32 Å². The lowest BCUT2D eigenvalue weighted by molar-refractivity contribution is -0.0979. The maximum absolute atomic E-state index is 8.00. The second kappa shape index (κ2) is 29.6. The zero-order chi connectivity index (χ0) is 21.2. The van der Waals surface area contributed by atoms with E-state index in [0.717, 1.165) is 20.2 Å². The third kappa shape index (κ3) is 22.8. The first-order chi connectivity index (χ1) is 13.4. The van der Waals surface area contributed by atoms with Crippen molar-refractivity contribution in [3.8, 4) is 0 Å². The number of nitrogens with one attached hydrogen (secondary N) is 1. The summed E-state index contributed by atoms with van der Waals surface area (Å²) in [4.78, 5) is 8.00. The smallest absolute Gasteiger partial charge is 0.106 e. The molecule has 0 unspecified atom stereocenters. The molecule has 0 aliphatic rings. The predicted octanol–water partition coefficient (Wildman–Crippen LogP) is 6.32. The number of aliphatic hydroxyl groups excluding tert-OH is 1. The van der Waals surface area contributed by atoms with Crippen LogP contribution in [0.3, 0.4) is 0 Å². The first-order valence-electron chi connectivity index (χ1n) is 10.9. The molecular formula is C24H47NO2. The van der Waals surface area contributed by atoms with Crippen molar-refractivity contribution in [2.45, 2.75) is 98.4 Å². The van der Waals surface area contributed by atoms with Crippen molar-refractivity contribution in [1.82, 2.24) is 5.32 Å². The van der Waals surface area contributed by atoms with Crippen LogP contribution in [0.4, 0.5) is 0 Å². The minimum atomic E-state index is 1.00. The molecule has 2 N–H and O–H groups in total. The van der Waals surface area contributed by atoms with Gasteiger partial charge >= 0.3 is 0 Å². The minimum Gasteiger partial charge on any atom is -0.400 e. The van der Waals surface area contributed by atoms with Crippen LogP contribution in [0, 0.1) is 0 Å². The highest BCUT2D eigenvalue weighted by Crippen LogP contribution is 2.11. The van der Waals surface area contributed by atoms with Gasteiger partial charge in [-0.25, -0.2) is 0 Å². The number of aryl methyl sites for hydroxylation is 1. The van der Waals surface area contributed by atoms with E-state index < -0.39 is 0 Å². The number of carbonyl (C=O) groups is 1. The Labute approximate surface area is 170 Å². The summed E-state index contributed by atoms with van der Waals surface area (Å²) >= 11 is 0. The Kier molecular flexibility index (Phi) is 33.4. The third-order valence-electron chi connectivity index (χ3n) is 4.13. The van der Waals surface area contributed by atoms with E-state index in [0.29, 0.717) is 0 Å². The van der Waals surface area contributed by atoms with Crippen LogP contribution in [-0.2, 0) is 17.8 Å². The summed E-state index contributed by atoms with van der Waals surface area (Å²) in [7, 11) is 1.00. The maximum Gasteiger partial charge on any atom is 0.106 e. The Balaban J connectivity index is -0.000000869. The average molecular weight is 382 g/mol. The summed E-state index contributed by atoms with van der Waals surface area (Å²) in [6.07, 6.45) is 13.6. The van der Waals surface area contributed by atoms with Crippen molar-refractivity contribution < 1.29 is 9.90 Å². The van der Waals surface area contributed by atoms with Crippen LogP contribution in [0.25, 0.3) is 0 Å². The van der Waals surface area contributed by atoms with E-state index in [9.17, 15) is 0 Å². The topological polar surface area (TPSA) is 49.3 Å². The molecule has 0 radical (unpaired) electrons. The Bertz CT molecular complexity index is 352. The van der Waals surface area contributed by atoms with E-state index >= 15 is 0 Å². The summed E-state index contributed by atoms with van der Waals surface area (Å²) in [6, 6.07) is 9.20. The van der Waals surface area contributed by atoms with Gasteiger partial charge in [-0.15, -0.1) is 0 Å². The van der Waals surface area contributed by atoms with Gasteiger partial charge in [0.1, 0.15) is 6.79 Å². The molecule has 0 saturated heterocycles. The normalized spacial score (nSPS) is 9.11. The molecule has 0 aliphatic heterocycles. The summed E-state index contributed by atoms with van der Waals surface area (Å²) in [5, 5.41) is 10.5. The van der Waals surface area contributed by atoms with Crippen molar-refractivity contribution in [2.75, 3.05) is 13.7 Å². The maximum atomic E-state index is 8.00. The van der Waals surface area contributed by atoms with Gasteiger partial charge in [0.25, 0.3) is 0 Å². The van der Waals surface area contributed by atoms with Gasteiger partial charge in [0.15, 0.2) is 0 Å². The number of unbranched alkanes of at least 4 members (excludes halogenated alkanes) is 7. The third-order valence-corrected chi connectivity index (χ3v) is 4.13. The molecule has 3 nitrogen and oxygen atoms in total. The fraction of sp³-hybridized carbons (Fsp3) is 0.708. The van der Waals surface area contributed by atoms with Gasteiger partial charge in [0.05, 0.1) is 0 Å². The molecule has 0 spiro atoms. The van der Waals surface area contributed by atoms with E-state index in [-0.39, 0.29) is 0 Å². The molecule has 1 rings (SSSR count). The molecule has 1 aromatic rings. The van der Waals surface area contributed by atoms with Gasteiger partial charge in [-0.1, -0.05) is 96.9 Å². The van der Waals surface area contributed by atoms with Gasteiger partial charge in [0.2, 0.25) is 0 Å². The summed E-state index contributed by atoms with van der Waals surface area (Å²) < 4.78 is 0. The Morgan fingerprint density at radius 2 is 1.19 bits per heavy atom. The molecule has 0 bridgehead atoms. The highest BCUT2D eigenvalue weighted by atomic mass is 16.2. The molecule has 0 saturated carbocycles. The SMILES string of the molecule is C=O.CC.CCCCCCCCCc1ccc(CNCCCC)cc1.CO. The molecule has 0 fully saturated rings. The molecule has 0 aromatic heterocycles. The van der Waals surface area contributed by atoms with Gasteiger partial charge in [-0.2, -0.15) is 0 Å². The zero-order valence-electron chi connectivity index (χ0n) is 18.9. The lowest BCUT2D eigenvalue weighted by Crippen LogP contribution is -2.14. The van der Waals surface area contributed by atoms with Crippen molar-refractivity contribution in [3.63, 3.8) is 0 Å². The van der Waals surface area contributed by atoms with Crippen LogP contribution in [0.5, 0.6) is 0 Å². The summed E-state index contributed by atoms with van der Waals surface area (Å²) in [6.45, 7) is 12.7. The largest absolute Gasteiger partial charge is 0.400 e. The molecule has 160 valence electrons. The van der Waals surface area contributed by atoms with E-state index in [2.05, 4.69) is 43.4 Å². The van der Waals surface area contributed by atoms with E-state index in [1.807, 2.05) is 20.6 Å². The van der Waals surface area contributed by atoms with Crippen LogP contribution in [0.2, 0.25) is 0 Å². The highest BCUT2D eigenvalue weighted by molar-refractivity contribution is 5.22. The number of carbonyl (C=O) groups excluding carboxylic acids is 1. The monoisotopic (exact) mass is 381 g/mol. The predicted molar refractivity (Wildman–Crippen MR) is 121 cm³/mol. The molecule has 0 amide bonds. The first kappa shape index (κ1) is 30.5. The first-order valence-corrected chi connectivity index (χ1v) is 10.9. The highest BCUT2D eigenvalue weighted by Gasteiger charge is 1.96. The van der Waals surface area contributed by atoms with Crippen molar-refractivity contribution in [3.05, 3.63) is 35.4 Å². The molecule has 27 heavy (non-hydrogen) atoms. The Morgan fingerprint density at radius 1 is 0.741 bits per heavy atom. The van der Waals surface area contributed by atoms with E-state index in [1.54, 1.807) is 0 Å². The van der Waals surface area contributed by atoms with Gasteiger partial charge < -0.3 is 15.2 Å². The van der Waals surface area contributed by atoms with Crippen molar-refractivity contribution in [2.24, 2.45) is 0 Å². The van der Waals surface area contributed by atoms with Crippen LogP contribution >= 0.6 is 0 Å². The minimum absolute atomic E-state index is 1.00. The fourth-order valence-electron chi connectivity index (χ4n) is 2.64. The van der Waals surface area contributed by atoms with Gasteiger partial charge in [0, 0.05) is 13.7 Å². The average Bonchev–Trinajstić information content (AvgIpc) is 2.76. The van der Waals surface area contributed by atoms with Crippen molar-refractivity contribution >= 4 is 6.79 Å². The van der Waals surface area contributed by atoms with Crippen molar-refractivity contribution in [1.29, 1.82) is 0 Å². The van der Waals surface area contributed by atoms with Gasteiger partial charge in [-0.05, 0) is 36.9 Å². The number of hydrogen-bond acceptors (Lipinski definition) is 3. The molecule has 0 heterocycles. The number of benzene rings is 1. The van der Waals surface area contributed by atoms with E-state index in [4.69, 9.17) is 9.90 Å². The molecule has 0 atom stereocenters. The Hall–Kier alpha value is -1.19. The molecule has 1 aromatic carbocycles. The summed E-state index contributed by atoms with van der Waals surface area (Å²) in [5.74, 6) is 0. The standard InChI is InChI=1S/C20H35N.C2H6.CH4O.CH2O/c1-3-5-7-8-9-10-11-12-19-13-15-20(16-14-19)18-21-17-6-4-2;3*1-2/h13-16,21H,3-12,17-18H2,1-2H3;1-2H3;2H,1H3;1H2. The summed E-state index contributed by atoms with van der Waals surface area (Å²) in [5.41, 5.74) is 2.91. The molecular weight excluding hydrogens is 334 g/mol. The molecule has 0 aliphatic carbocycles. The fourth-order valence-corrected chi connectivity index (χ4v) is 2.64. The van der Waals surface area contributed by atoms with Crippen LogP contribution in [0.15, 0.2) is 24.3 Å². The van der Waals surface area contributed by atoms with Crippen LogP contribution in [0.1, 0.15) is 96.6 Å². The zero-order valence-corrected chi connectivity index (χ0v) is 18.9. The lowest BCUT2D eigenvalue weighted by Gasteiger charge is -2.06. The lowest BCUT2D eigenvalue weighted by atomic mass is 10.0.